The number of hydrogen-bond acceptors (Lipinski definition) is 3. The lowest BCUT2D eigenvalue weighted by Crippen LogP contribution is -2.48. The molecular weight excluding hydrogens is 274 g/mol. The Kier molecular flexibility index (Phi) is 3.93. The number of ether oxygens (including phenoxy) is 2. The molecule has 1 heterocycles. The molecule has 1 aromatic carbocycles. The minimum absolute atomic E-state index is 0.0898. The Bertz CT molecular complexity index is 493. The number of benzene rings is 1. The van der Waals surface area contributed by atoms with Crippen molar-refractivity contribution in [3.05, 3.63) is 28.8 Å². The first-order chi connectivity index (χ1) is 9.65. The molecule has 1 fully saturated rings. The van der Waals surface area contributed by atoms with E-state index in [1.54, 1.807) is 7.11 Å². The molecule has 110 valence electrons. The Balaban J connectivity index is 1.92. The van der Waals surface area contributed by atoms with Crippen molar-refractivity contribution >= 4 is 11.6 Å². The van der Waals surface area contributed by atoms with Crippen molar-refractivity contribution in [3.63, 3.8) is 0 Å². The maximum absolute atomic E-state index is 6.40. The molecule has 0 radical (unpaired) electrons. The maximum atomic E-state index is 6.40. The van der Waals surface area contributed by atoms with Gasteiger partial charge in [-0.2, -0.15) is 0 Å². The zero-order chi connectivity index (χ0) is 14.2. The monoisotopic (exact) mass is 295 g/mol. The molecular formula is C16H22ClNO2. The second-order valence-electron chi connectivity index (χ2n) is 5.97. The minimum atomic E-state index is -0.0898. The molecule has 3 atom stereocenters. The highest BCUT2D eigenvalue weighted by atomic mass is 35.5. The van der Waals surface area contributed by atoms with Gasteiger partial charge in [-0.25, -0.2) is 0 Å². The second-order valence-corrected chi connectivity index (χ2v) is 6.40. The van der Waals surface area contributed by atoms with Crippen molar-refractivity contribution in [1.29, 1.82) is 0 Å². The third-order valence-corrected chi connectivity index (χ3v) is 4.92. The Hall–Kier alpha value is -0.770. The molecule has 1 aromatic rings. The Labute approximate surface area is 125 Å². The fraction of sp³-hybridized carbons (Fsp3) is 0.625. The molecule has 1 saturated carbocycles. The van der Waals surface area contributed by atoms with Crippen LogP contribution in [0, 0.1) is 0 Å². The van der Waals surface area contributed by atoms with Crippen LogP contribution in [0.25, 0.3) is 0 Å². The van der Waals surface area contributed by atoms with E-state index in [1.165, 1.54) is 5.56 Å². The van der Waals surface area contributed by atoms with Crippen LogP contribution in [0.2, 0.25) is 5.02 Å². The molecule has 0 aromatic heterocycles. The molecule has 0 saturated heterocycles. The number of fused-ring (bicyclic) bond motifs is 1. The van der Waals surface area contributed by atoms with Crippen molar-refractivity contribution < 1.29 is 9.47 Å². The quantitative estimate of drug-likeness (QED) is 0.902. The summed E-state index contributed by atoms with van der Waals surface area (Å²) in [4.78, 5) is 0. The van der Waals surface area contributed by atoms with Crippen LogP contribution in [0.15, 0.2) is 18.2 Å². The zero-order valence-corrected chi connectivity index (χ0v) is 12.9. The van der Waals surface area contributed by atoms with Gasteiger partial charge < -0.3 is 14.8 Å². The minimum Gasteiger partial charge on any atom is -0.487 e. The number of rotatable bonds is 2. The highest BCUT2D eigenvalue weighted by Crippen LogP contribution is 2.46. The average Bonchev–Trinajstić information content (AvgIpc) is 2.47. The Morgan fingerprint density at radius 3 is 3.00 bits per heavy atom. The molecule has 0 bridgehead atoms. The van der Waals surface area contributed by atoms with Gasteiger partial charge in [0.15, 0.2) is 0 Å². The van der Waals surface area contributed by atoms with Crippen LogP contribution in [0.1, 0.15) is 43.7 Å². The van der Waals surface area contributed by atoms with Crippen molar-refractivity contribution in [3.8, 4) is 5.75 Å². The normalized spacial score (nSPS) is 32.8. The second kappa shape index (κ2) is 5.55. The van der Waals surface area contributed by atoms with E-state index in [4.69, 9.17) is 21.1 Å². The van der Waals surface area contributed by atoms with Gasteiger partial charge >= 0.3 is 0 Å². The summed E-state index contributed by atoms with van der Waals surface area (Å²) in [5.74, 6) is 0.969. The summed E-state index contributed by atoms with van der Waals surface area (Å²) in [6.45, 7) is 0. The van der Waals surface area contributed by atoms with Crippen LogP contribution in [0.4, 0.5) is 0 Å². The summed E-state index contributed by atoms with van der Waals surface area (Å²) in [5, 5.41) is 4.18. The van der Waals surface area contributed by atoms with Crippen LogP contribution in [0.3, 0.4) is 0 Å². The summed E-state index contributed by atoms with van der Waals surface area (Å²) < 4.78 is 12.0. The van der Waals surface area contributed by atoms with Crippen molar-refractivity contribution in [2.75, 3.05) is 14.2 Å². The average molecular weight is 296 g/mol. The van der Waals surface area contributed by atoms with Crippen LogP contribution in [-0.2, 0) is 4.74 Å². The first-order valence-electron chi connectivity index (χ1n) is 7.34. The van der Waals surface area contributed by atoms with E-state index in [0.717, 1.165) is 42.9 Å². The third-order valence-electron chi connectivity index (χ3n) is 4.69. The van der Waals surface area contributed by atoms with Gasteiger partial charge in [-0.3, -0.25) is 0 Å². The highest BCUT2D eigenvalue weighted by Gasteiger charge is 2.44. The van der Waals surface area contributed by atoms with E-state index in [1.807, 2.05) is 25.2 Å². The molecule has 3 nitrogen and oxygen atoms in total. The predicted molar refractivity (Wildman–Crippen MR) is 80.5 cm³/mol. The van der Waals surface area contributed by atoms with Crippen LogP contribution in [-0.4, -0.2) is 25.9 Å². The van der Waals surface area contributed by atoms with E-state index in [0.29, 0.717) is 12.1 Å². The fourth-order valence-corrected chi connectivity index (χ4v) is 3.83. The lowest BCUT2D eigenvalue weighted by molar-refractivity contribution is -0.0597. The molecule has 20 heavy (non-hydrogen) atoms. The molecule has 1 N–H and O–H groups in total. The summed E-state index contributed by atoms with van der Waals surface area (Å²) in [7, 11) is 3.81. The predicted octanol–water partition coefficient (Wildman–Crippen LogP) is 3.71. The van der Waals surface area contributed by atoms with Crippen LogP contribution in [0.5, 0.6) is 5.75 Å². The van der Waals surface area contributed by atoms with Crippen molar-refractivity contribution in [2.24, 2.45) is 0 Å². The van der Waals surface area contributed by atoms with Crippen LogP contribution >= 0.6 is 11.6 Å². The van der Waals surface area contributed by atoms with E-state index in [2.05, 4.69) is 5.32 Å². The van der Waals surface area contributed by atoms with E-state index >= 15 is 0 Å². The molecule has 1 aliphatic heterocycles. The topological polar surface area (TPSA) is 30.5 Å². The SMILES string of the molecule is CNC1CC2(CCCC(OC)C2)Oc2ccc(Cl)cc21. The van der Waals surface area contributed by atoms with Gasteiger partial charge in [-0.15, -0.1) is 0 Å². The number of hydrogen-bond donors (Lipinski definition) is 1. The van der Waals surface area contributed by atoms with Crippen LogP contribution < -0.4 is 10.1 Å². The van der Waals surface area contributed by atoms with Gasteiger partial charge in [0.1, 0.15) is 11.4 Å². The molecule has 3 rings (SSSR count). The third kappa shape index (κ3) is 2.54. The standard InChI is InChI=1S/C16H22ClNO2/c1-18-14-10-16(7-3-4-12(9-16)19-2)20-15-6-5-11(17)8-13(14)15/h5-6,8,12,14,18H,3-4,7,9-10H2,1-2H3. The van der Waals surface area contributed by atoms with Crippen molar-refractivity contribution in [2.45, 2.75) is 49.9 Å². The summed E-state index contributed by atoms with van der Waals surface area (Å²) in [5.41, 5.74) is 1.08. The lowest BCUT2D eigenvalue weighted by Gasteiger charge is -2.46. The molecule has 4 heteroatoms. The van der Waals surface area contributed by atoms with Gasteiger partial charge in [-0.1, -0.05) is 11.6 Å². The van der Waals surface area contributed by atoms with Gasteiger partial charge in [0, 0.05) is 36.6 Å². The van der Waals surface area contributed by atoms with Gasteiger partial charge in [0.2, 0.25) is 0 Å². The van der Waals surface area contributed by atoms with Crippen molar-refractivity contribution in [1.82, 2.24) is 5.32 Å². The Morgan fingerprint density at radius 2 is 2.25 bits per heavy atom. The number of nitrogens with one attached hydrogen (secondary N) is 1. The number of methoxy groups -OCH3 is 1. The summed E-state index contributed by atoms with van der Waals surface area (Å²) >= 11 is 6.12. The van der Waals surface area contributed by atoms with Gasteiger partial charge in [0.25, 0.3) is 0 Å². The summed E-state index contributed by atoms with van der Waals surface area (Å²) in [6, 6.07) is 6.22. The summed E-state index contributed by atoms with van der Waals surface area (Å²) in [6.07, 6.45) is 5.68. The van der Waals surface area contributed by atoms with E-state index < -0.39 is 0 Å². The first-order valence-corrected chi connectivity index (χ1v) is 7.72. The molecule has 1 spiro atoms. The maximum Gasteiger partial charge on any atom is 0.125 e. The van der Waals surface area contributed by atoms with Gasteiger partial charge in [-0.05, 0) is 44.5 Å². The lowest BCUT2D eigenvalue weighted by atomic mass is 9.76. The molecule has 0 amide bonds. The molecule has 1 aliphatic carbocycles. The van der Waals surface area contributed by atoms with Gasteiger partial charge in [0.05, 0.1) is 6.10 Å². The molecule has 3 unspecified atom stereocenters. The Morgan fingerprint density at radius 1 is 1.40 bits per heavy atom. The largest absolute Gasteiger partial charge is 0.487 e. The highest BCUT2D eigenvalue weighted by molar-refractivity contribution is 6.30. The smallest absolute Gasteiger partial charge is 0.125 e. The molecule has 2 aliphatic rings. The van der Waals surface area contributed by atoms with E-state index in [-0.39, 0.29) is 5.60 Å². The van der Waals surface area contributed by atoms with E-state index in [9.17, 15) is 0 Å². The first kappa shape index (κ1) is 14.2. The zero-order valence-electron chi connectivity index (χ0n) is 12.1. The fourth-order valence-electron chi connectivity index (χ4n) is 3.65. The number of halogens is 1.